The molecule has 0 aromatic heterocycles. The van der Waals surface area contributed by atoms with Crippen LogP contribution in [0.2, 0.25) is 0 Å². The molecular weight excluding hydrogens is 284 g/mol. The van der Waals surface area contributed by atoms with Crippen LogP contribution < -0.4 is 0 Å². The molecule has 0 amide bonds. The maximum absolute atomic E-state index is 12.3. The van der Waals surface area contributed by atoms with Crippen LogP contribution in [-0.4, -0.2) is 14.0 Å². The molecule has 0 unspecified atom stereocenters. The predicted molar refractivity (Wildman–Crippen MR) is 86.8 cm³/mol. The third-order valence-corrected chi connectivity index (χ3v) is 5.01. The highest BCUT2D eigenvalue weighted by molar-refractivity contribution is 7.86. The smallest absolute Gasteiger partial charge is 0.260 e. The fourth-order valence-electron chi connectivity index (χ4n) is 2.03. The minimum atomic E-state index is -3.71. The predicted octanol–water partition coefficient (Wildman–Crippen LogP) is 4.62. The maximum atomic E-state index is 12.3. The zero-order chi connectivity index (χ0) is 16.1. The molecule has 0 radical (unpaired) electrons. The summed E-state index contributed by atoms with van der Waals surface area (Å²) in [5.74, 6) is 0. The van der Waals surface area contributed by atoms with Crippen molar-refractivity contribution in [1.82, 2.24) is 0 Å². The lowest BCUT2D eigenvalue weighted by Crippen LogP contribution is -2.28. The second-order valence-corrected chi connectivity index (χ2v) is 7.65. The number of aryl methyl sites for hydroxylation is 1. The first kappa shape index (κ1) is 17.9. The monoisotopic (exact) mass is 310 g/mol. The van der Waals surface area contributed by atoms with Crippen LogP contribution in [0.4, 0.5) is 0 Å². The Kier molecular flexibility index (Phi) is 6.17. The van der Waals surface area contributed by atoms with Gasteiger partial charge in [0.2, 0.25) is 0 Å². The van der Waals surface area contributed by atoms with Crippen LogP contribution in [0.25, 0.3) is 0 Å². The van der Waals surface area contributed by atoms with E-state index in [-0.39, 0.29) is 4.90 Å². The van der Waals surface area contributed by atoms with E-state index in [9.17, 15) is 8.42 Å². The minimum Gasteiger partial charge on any atom is -0.260 e. The van der Waals surface area contributed by atoms with Crippen molar-refractivity contribution in [3.63, 3.8) is 0 Å². The van der Waals surface area contributed by atoms with Gasteiger partial charge in [0.15, 0.2) is 0 Å². The summed E-state index contributed by atoms with van der Waals surface area (Å²) in [5, 5.41) is 0. The van der Waals surface area contributed by atoms with E-state index in [1.54, 1.807) is 24.3 Å². The average molecular weight is 310 g/mol. The van der Waals surface area contributed by atoms with E-state index in [4.69, 9.17) is 4.18 Å². The molecule has 1 aromatic carbocycles. The molecule has 1 rings (SSSR count). The van der Waals surface area contributed by atoms with Crippen molar-refractivity contribution in [3.8, 4) is 0 Å². The van der Waals surface area contributed by atoms with Crippen LogP contribution in [0, 0.1) is 6.92 Å². The summed E-state index contributed by atoms with van der Waals surface area (Å²) >= 11 is 0. The lowest BCUT2D eigenvalue weighted by Gasteiger charge is -2.24. The molecule has 0 aliphatic carbocycles. The third-order valence-electron chi connectivity index (χ3n) is 3.49. The largest absolute Gasteiger partial charge is 0.297 e. The Bertz CT molecular complexity index is 581. The summed E-state index contributed by atoms with van der Waals surface area (Å²) in [5.41, 5.74) is 1.64. The number of benzene rings is 1. The van der Waals surface area contributed by atoms with E-state index >= 15 is 0 Å². The Balaban J connectivity index is 2.70. The minimum absolute atomic E-state index is 0.214. The normalized spacial score (nSPS) is 13.5. The highest BCUT2D eigenvalue weighted by atomic mass is 32.2. The van der Waals surface area contributed by atoms with Crippen molar-refractivity contribution in [2.45, 2.75) is 64.4 Å². The maximum Gasteiger partial charge on any atom is 0.297 e. The Labute approximate surface area is 129 Å². The van der Waals surface area contributed by atoms with Crippen molar-refractivity contribution in [1.29, 1.82) is 0 Å². The van der Waals surface area contributed by atoms with Gasteiger partial charge in [-0.1, -0.05) is 29.3 Å². The molecule has 0 spiro atoms. The Morgan fingerprint density at radius 1 is 1.24 bits per heavy atom. The summed E-state index contributed by atoms with van der Waals surface area (Å²) < 4.78 is 30.0. The van der Waals surface area contributed by atoms with Crippen LogP contribution in [0.3, 0.4) is 0 Å². The number of hydrogen-bond acceptors (Lipinski definition) is 3. The fourth-order valence-corrected chi connectivity index (χ4v) is 3.27. The molecule has 3 nitrogen and oxygen atoms in total. The zero-order valence-electron chi connectivity index (χ0n) is 13.6. The van der Waals surface area contributed by atoms with Crippen LogP contribution in [0.15, 0.2) is 40.8 Å². The van der Waals surface area contributed by atoms with Crippen molar-refractivity contribution >= 4 is 10.1 Å². The van der Waals surface area contributed by atoms with Crippen molar-refractivity contribution in [2.24, 2.45) is 0 Å². The quantitative estimate of drug-likeness (QED) is 0.545. The summed E-state index contributed by atoms with van der Waals surface area (Å²) in [6.07, 6.45) is 4.65. The molecular formula is C17H26O3S. The Hall–Kier alpha value is -1.13. The summed E-state index contributed by atoms with van der Waals surface area (Å²) in [6.45, 7) is 9.66. The van der Waals surface area contributed by atoms with Gasteiger partial charge in [0, 0.05) is 0 Å². The van der Waals surface area contributed by atoms with E-state index in [1.807, 2.05) is 27.7 Å². The van der Waals surface area contributed by atoms with Crippen molar-refractivity contribution in [3.05, 3.63) is 41.5 Å². The van der Waals surface area contributed by atoms with Crippen LogP contribution in [0.5, 0.6) is 0 Å². The van der Waals surface area contributed by atoms with Gasteiger partial charge < -0.3 is 0 Å². The molecule has 1 aromatic rings. The molecule has 0 heterocycles. The van der Waals surface area contributed by atoms with E-state index in [0.717, 1.165) is 18.4 Å². The van der Waals surface area contributed by atoms with Gasteiger partial charge in [0.1, 0.15) is 0 Å². The van der Waals surface area contributed by atoms with Crippen LogP contribution >= 0.6 is 0 Å². The van der Waals surface area contributed by atoms with Gasteiger partial charge in [0.05, 0.1) is 10.5 Å². The molecule has 0 aliphatic rings. The van der Waals surface area contributed by atoms with Gasteiger partial charge >= 0.3 is 0 Å². The molecule has 0 fully saturated rings. The van der Waals surface area contributed by atoms with Gasteiger partial charge in [-0.15, -0.1) is 0 Å². The first-order chi connectivity index (χ1) is 9.66. The first-order valence-corrected chi connectivity index (χ1v) is 8.71. The zero-order valence-corrected chi connectivity index (χ0v) is 14.5. The number of rotatable bonds is 7. The second-order valence-electron chi connectivity index (χ2n) is 6.10. The first-order valence-electron chi connectivity index (χ1n) is 7.30. The number of allylic oxidation sites excluding steroid dienone is 2. The average Bonchev–Trinajstić information content (AvgIpc) is 2.37. The highest BCUT2D eigenvalue weighted by Gasteiger charge is 2.27. The fraction of sp³-hybridized carbons (Fsp3) is 0.529. The molecule has 0 N–H and O–H groups in total. The van der Waals surface area contributed by atoms with Crippen LogP contribution in [0.1, 0.15) is 52.5 Å². The standard InChI is InChI=1S/C17H26O3S/c1-6-14(2)8-7-13-17(4,5)20-21(18,19)16-11-9-15(3)10-12-16/h6,9-12H,7-8,13H2,1-5H3/b14-6+. The molecule has 0 bridgehead atoms. The van der Waals surface area contributed by atoms with Gasteiger partial charge in [0.25, 0.3) is 10.1 Å². The Morgan fingerprint density at radius 2 is 1.81 bits per heavy atom. The molecule has 0 saturated carbocycles. The summed E-state index contributed by atoms with van der Waals surface area (Å²) in [4.78, 5) is 0.214. The van der Waals surface area contributed by atoms with E-state index in [2.05, 4.69) is 13.0 Å². The van der Waals surface area contributed by atoms with E-state index in [1.165, 1.54) is 5.57 Å². The third kappa shape index (κ3) is 6.02. The molecule has 4 heteroatoms. The Morgan fingerprint density at radius 3 is 2.33 bits per heavy atom. The molecule has 0 saturated heterocycles. The van der Waals surface area contributed by atoms with Crippen molar-refractivity contribution in [2.75, 3.05) is 0 Å². The van der Waals surface area contributed by atoms with Crippen LogP contribution in [-0.2, 0) is 14.3 Å². The number of hydrogen-bond donors (Lipinski definition) is 0. The molecule has 0 atom stereocenters. The summed E-state index contributed by atoms with van der Waals surface area (Å²) in [7, 11) is -3.71. The second kappa shape index (κ2) is 7.23. The molecule has 118 valence electrons. The molecule has 21 heavy (non-hydrogen) atoms. The van der Waals surface area contributed by atoms with Gasteiger partial charge in [-0.3, -0.25) is 4.18 Å². The lowest BCUT2D eigenvalue weighted by atomic mass is 9.99. The van der Waals surface area contributed by atoms with Crippen molar-refractivity contribution < 1.29 is 12.6 Å². The molecule has 0 aliphatic heterocycles. The van der Waals surface area contributed by atoms with E-state index < -0.39 is 15.7 Å². The van der Waals surface area contributed by atoms with E-state index in [0.29, 0.717) is 6.42 Å². The topological polar surface area (TPSA) is 43.4 Å². The SMILES string of the molecule is C/C=C(\C)CCCC(C)(C)OS(=O)(=O)c1ccc(C)cc1. The van der Waals surface area contributed by atoms with Gasteiger partial charge in [-0.05, 0) is 66.0 Å². The lowest BCUT2D eigenvalue weighted by molar-refractivity contribution is 0.105. The summed E-state index contributed by atoms with van der Waals surface area (Å²) in [6, 6.07) is 6.73. The highest BCUT2D eigenvalue weighted by Crippen LogP contribution is 2.25. The van der Waals surface area contributed by atoms with Gasteiger partial charge in [-0.2, -0.15) is 8.42 Å². The van der Waals surface area contributed by atoms with Gasteiger partial charge in [-0.25, -0.2) is 0 Å².